The van der Waals surface area contributed by atoms with E-state index in [1.807, 2.05) is 0 Å². The normalized spacial score (nSPS) is 14.0. The van der Waals surface area contributed by atoms with Crippen molar-refractivity contribution in [3.63, 3.8) is 0 Å². The van der Waals surface area contributed by atoms with E-state index in [1.165, 1.54) is 22.8 Å². The van der Waals surface area contributed by atoms with Crippen molar-refractivity contribution in [1.29, 1.82) is 0 Å². The Morgan fingerprint density at radius 2 is 2.00 bits per heavy atom. The number of amidine groups is 1. The fraction of sp³-hybridized carbons (Fsp3) is 0.211. The fourth-order valence-electron chi connectivity index (χ4n) is 3.09. The minimum Gasteiger partial charge on any atom is -0.408 e. The van der Waals surface area contributed by atoms with Crippen molar-refractivity contribution in [2.24, 2.45) is 4.99 Å². The number of aromatic nitrogens is 1. The second-order valence-electron chi connectivity index (χ2n) is 6.54. The zero-order valence-electron chi connectivity index (χ0n) is 15.3. The van der Waals surface area contributed by atoms with Crippen molar-refractivity contribution in [3.05, 3.63) is 59.1 Å². The molecule has 1 aliphatic heterocycles. The molecule has 0 fully saturated rings. The lowest BCUT2D eigenvalue weighted by Gasteiger charge is -2.10. The minimum absolute atomic E-state index is 0.0100. The Labute approximate surface area is 166 Å². The summed E-state index contributed by atoms with van der Waals surface area (Å²) < 4.78 is 33.8. The predicted octanol–water partition coefficient (Wildman–Crippen LogP) is 1.70. The van der Waals surface area contributed by atoms with Crippen molar-refractivity contribution >= 4 is 38.6 Å². The third kappa shape index (κ3) is 4.06. The van der Waals surface area contributed by atoms with Crippen LogP contribution >= 0.6 is 0 Å². The van der Waals surface area contributed by atoms with Crippen LogP contribution in [0.2, 0.25) is 0 Å². The highest BCUT2D eigenvalue weighted by Crippen LogP contribution is 2.17. The average Bonchev–Trinajstić information content (AvgIpc) is 3.29. The Balaban J connectivity index is 1.51. The van der Waals surface area contributed by atoms with E-state index in [0.29, 0.717) is 35.6 Å². The van der Waals surface area contributed by atoms with Gasteiger partial charge in [-0.05, 0) is 36.8 Å². The molecule has 9 nitrogen and oxygen atoms in total. The van der Waals surface area contributed by atoms with Crippen LogP contribution in [-0.4, -0.2) is 31.3 Å². The van der Waals surface area contributed by atoms with Gasteiger partial charge in [-0.3, -0.25) is 19.1 Å². The highest BCUT2D eigenvalue weighted by Gasteiger charge is 2.19. The molecule has 0 unspecified atom stereocenters. The van der Waals surface area contributed by atoms with Gasteiger partial charge in [-0.2, -0.15) is 0 Å². The molecule has 1 aliphatic rings. The van der Waals surface area contributed by atoms with Crippen LogP contribution in [0.1, 0.15) is 12.8 Å². The number of fused-ring (bicyclic) bond motifs is 1. The monoisotopic (exact) mass is 414 g/mol. The lowest BCUT2D eigenvalue weighted by molar-refractivity contribution is -0.116. The van der Waals surface area contributed by atoms with E-state index in [0.717, 1.165) is 6.42 Å². The molecule has 2 N–H and O–H groups in total. The summed E-state index contributed by atoms with van der Waals surface area (Å²) >= 11 is 0. The van der Waals surface area contributed by atoms with E-state index in [1.54, 1.807) is 30.3 Å². The maximum atomic E-state index is 12.5. The SMILES string of the molecule is O=C(Cn1c(=O)oc2ccccc21)Nc1cccc(S(=O)(=O)NC2=NCCC2)c1. The molecule has 0 bridgehead atoms. The van der Waals surface area contributed by atoms with E-state index in [4.69, 9.17) is 4.42 Å². The summed E-state index contributed by atoms with van der Waals surface area (Å²) in [6.07, 6.45) is 1.40. The van der Waals surface area contributed by atoms with Crippen LogP contribution in [0, 0.1) is 0 Å². The molecule has 29 heavy (non-hydrogen) atoms. The van der Waals surface area contributed by atoms with Crippen LogP contribution in [0.5, 0.6) is 0 Å². The third-order valence-electron chi connectivity index (χ3n) is 4.43. The highest BCUT2D eigenvalue weighted by atomic mass is 32.2. The molecule has 2 aromatic carbocycles. The van der Waals surface area contributed by atoms with Gasteiger partial charge in [0.2, 0.25) is 5.91 Å². The number of para-hydroxylation sites is 2. The number of oxazole rings is 1. The van der Waals surface area contributed by atoms with E-state index in [9.17, 15) is 18.0 Å². The van der Waals surface area contributed by atoms with Gasteiger partial charge in [0, 0.05) is 18.7 Å². The molecule has 150 valence electrons. The maximum absolute atomic E-state index is 12.5. The van der Waals surface area contributed by atoms with Crippen LogP contribution in [0.25, 0.3) is 11.1 Å². The number of aliphatic imine (C=N–C) groups is 1. The standard InChI is InChI=1S/C19H18N4O5S/c24-18(12-23-15-7-1-2-8-16(15)28-19(23)25)21-13-5-3-6-14(11-13)29(26,27)22-17-9-4-10-20-17/h1-3,5-8,11H,4,9-10,12H2,(H,20,22)(H,21,24). The summed E-state index contributed by atoms with van der Waals surface area (Å²) in [6, 6.07) is 12.7. The lowest BCUT2D eigenvalue weighted by atomic mass is 10.3. The van der Waals surface area contributed by atoms with E-state index in [-0.39, 0.29) is 11.4 Å². The first-order valence-electron chi connectivity index (χ1n) is 8.97. The lowest BCUT2D eigenvalue weighted by Crippen LogP contribution is -2.29. The van der Waals surface area contributed by atoms with Crippen LogP contribution in [0.15, 0.2) is 67.6 Å². The molecular formula is C19H18N4O5S. The fourth-order valence-corrected chi connectivity index (χ4v) is 4.22. The van der Waals surface area contributed by atoms with Crippen LogP contribution < -0.4 is 15.8 Å². The van der Waals surface area contributed by atoms with Gasteiger partial charge in [-0.1, -0.05) is 18.2 Å². The number of benzene rings is 2. The Morgan fingerprint density at radius 3 is 2.79 bits per heavy atom. The van der Waals surface area contributed by atoms with Crippen molar-refractivity contribution < 1.29 is 17.6 Å². The molecule has 0 radical (unpaired) electrons. The van der Waals surface area contributed by atoms with Gasteiger partial charge >= 0.3 is 5.76 Å². The maximum Gasteiger partial charge on any atom is 0.420 e. The summed E-state index contributed by atoms with van der Waals surface area (Å²) in [5.74, 6) is -0.689. The van der Waals surface area contributed by atoms with Crippen molar-refractivity contribution in [2.75, 3.05) is 11.9 Å². The van der Waals surface area contributed by atoms with E-state index in [2.05, 4.69) is 15.0 Å². The first kappa shape index (κ1) is 18.9. The van der Waals surface area contributed by atoms with Gasteiger partial charge in [0.25, 0.3) is 10.0 Å². The van der Waals surface area contributed by atoms with Crippen molar-refractivity contribution in [1.82, 2.24) is 9.29 Å². The van der Waals surface area contributed by atoms with Crippen molar-refractivity contribution in [3.8, 4) is 0 Å². The molecule has 0 saturated heterocycles. The van der Waals surface area contributed by atoms with E-state index < -0.39 is 21.7 Å². The Morgan fingerprint density at radius 1 is 1.17 bits per heavy atom. The summed E-state index contributed by atoms with van der Waals surface area (Å²) in [5.41, 5.74) is 1.19. The Bertz CT molecular complexity index is 1270. The van der Waals surface area contributed by atoms with Crippen LogP contribution in [-0.2, 0) is 21.4 Å². The summed E-state index contributed by atoms with van der Waals surface area (Å²) in [4.78, 5) is 28.5. The molecule has 2 heterocycles. The number of nitrogens with one attached hydrogen (secondary N) is 2. The molecule has 1 amide bonds. The van der Waals surface area contributed by atoms with E-state index >= 15 is 0 Å². The van der Waals surface area contributed by atoms with Gasteiger partial charge in [0.05, 0.1) is 10.4 Å². The molecule has 3 aromatic rings. The number of hydrogen-bond donors (Lipinski definition) is 2. The van der Waals surface area contributed by atoms with Crippen LogP contribution in [0.3, 0.4) is 0 Å². The largest absolute Gasteiger partial charge is 0.420 e. The van der Waals surface area contributed by atoms with Gasteiger partial charge in [-0.15, -0.1) is 0 Å². The molecule has 0 saturated carbocycles. The number of rotatable bonds is 5. The summed E-state index contributed by atoms with van der Waals surface area (Å²) in [5, 5.41) is 2.62. The molecule has 1 aromatic heterocycles. The number of amides is 1. The number of anilines is 1. The number of carbonyl (C=O) groups excluding carboxylic acids is 1. The number of hydrogen-bond acceptors (Lipinski definition) is 6. The van der Waals surface area contributed by atoms with Crippen molar-refractivity contribution in [2.45, 2.75) is 24.3 Å². The van der Waals surface area contributed by atoms with Gasteiger partial charge in [0.15, 0.2) is 5.58 Å². The quantitative estimate of drug-likeness (QED) is 0.658. The number of sulfonamides is 1. The zero-order valence-corrected chi connectivity index (χ0v) is 16.1. The molecule has 10 heteroatoms. The number of carbonyl (C=O) groups is 1. The molecule has 0 atom stereocenters. The molecular weight excluding hydrogens is 396 g/mol. The smallest absolute Gasteiger partial charge is 0.408 e. The molecule has 4 rings (SSSR count). The molecule has 0 aliphatic carbocycles. The summed E-state index contributed by atoms with van der Waals surface area (Å²) in [7, 11) is -3.79. The van der Waals surface area contributed by atoms with Crippen LogP contribution in [0.4, 0.5) is 5.69 Å². The zero-order chi connectivity index (χ0) is 20.4. The first-order chi connectivity index (χ1) is 13.9. The second-order valence-corrected chi connectivity index (χ2v) is 8.22. The summed E-state index contributed by atoms with van der Waals surface area (Å²) in [6.45, 7) is 0.345. The molecule has 0 spiro atoms. The van der Waals surface area contributed by atoms with Gasteiger partial charge < -0.3 is 9.73 Å². The second kappa shape index (κ2) is 7.55. The Hall–Kier alpha value is -3.40. The van der Waals surface area contributed by atoms with Gasteiger partial charge in [0.1, 0.15) is 12.4 Å². The van der Waals surface area contributed by atoms with Gasteiger partial charge in [-0.25, -0.2) is 13.2 Å². The third-order valence-corrected chi connectivity index (χ3v) is 5.81. The first-order valence-corrected chi connectivity index (χ1v) is 10.5. The number of nitrogens with zero attached hydrogens (tertiary/aromatic N) is 2. The predicted molar refractivity (Wildman–Crippen MR) is 107 cm³/mol. The highest BCUT2D eigenvalue weighted by molar-refractivity contribution is 7.90. The minimum atomic E-state index is -3.79. The topological polar surface area (TPSA) is 123 Å². The Kier molecular flexibility index (Phi) is 4.93. The average molecular weight is 414 g/mol.